The fourth-order valence-corrected chi connectivity index (χ4v) is 3.63. The van der Waals surface area contributed by atoms with E-state index < -0.39 is 0 Å². The minimum atomic E-state index is -0.0842. The summed E-state index contributed by atoms with van der Waals surface area (Å²) in [5.41, 5.74) is 2.09. The Morgan fingerprint density at radius 2 is 2.04 bits per heavy atom. The second-order valence-corrected chi connectivity index (χ2v) is 6.53. The van der Waals surface area contributed by atoms with Crippen LogP contribution in [0.3, 0.4) is 0 Å². The fraction of sp³-hybridized carbons (Fsp3) is 0.444. The molecule has 4 rings (SSSR count). The van der Waals surface area contributed by atoms with Crippen molar-refractivity contribution in [1.82, 2.24) is 15.1 Å². The Kier molecular flexibility index (Phi) is 3.56. The molecule has 1 N–H and O–H groups in total. The minimum absolute atomic E-state index is 0.0842. The van der Waals surface area contributed by atoms with Gasteiger partial charge in [-0.1, -0.05) is 18.2 Å². The van der Waals surface area contributed by atoms with Crippen LogP contribution in [-0.2, 0) is 17.6 Å². The van der Waals surface area contributed by atoms with Gasteiger partial charge in [0.15, 0.2) is 0 Å². The van der Waals surface area contributed by atoms with Gasteiger partial charge < -0.3 is 9.64 Å². The minimum Gasteiger partial charge on any atom is -0.487 e. The lowest BCUT2D eigenvalue weighted by molar-refractivity contribution is -0.134. The van der Waals surface area contributed by atoms with Crippen LogP contribution in [0.5, 0.6) is 5.75 Å². The van der Waals surface area contributed by atoms with E-state index in [0.29, 0.717) is 6.42 Å². The van der Waals surface area contributed by atoms with Crippen molar-refractivity contribution in [2.75, 3.05) is 13.1 Å². The highest BCUT2D eigenvalue weighted by Gasteiger charge is 2.40. The molecule has 23 heavy (non-hydrogen) atoms. The van der Waals surface area contributed by atoms with Crippen molar-refractivity contribution in [3.05, 3.63) is 47.8 Å². The molecule has 1 amide bonds. The molecular formula is C18H21N3O2. The number of carbonyl (C=O) groups excluding carboxylic acids is 1. The maximum Gasteiger partial charge on any atom is 0.228 e. The van der Waals surface area contributed by atoms with Crippen molar-refractivity contribution in [1.29, 1.82) is 0 Å². The lowest BCUT2D eigenvalue weighted by Crippen LogP contribution is -2.51. The predicted octanol–water partition coefficient (Wildman–Crippen LogP) is 2.34. The molecule has 0 saturated carbocycles. The van der Waals surface area contributed by atoms with E-state index in [0.717, 1.165) is 50.2 Å². The zero-order chi connectivity index (χ0) is 15.7. The van der Waals surface area contributed by atoms with Crippen molar-refractivity contribution >= 4 is 5.91 Å². The van der Waals surface area contributed by atoms with E-state index in [-0.39, 0.29) is 11.5 Å². The van der Waals surface area contributed by atoms with Crippen LogP contribution < -0.4 is 4.74 Å². The van der Waals surface area contributed by atoms with Gasteiger partial charge in [-0.2, -0.15) is 5.10 Å². The molecule has 1 aromatic carbocycles. The fourth-order valence-electron chi connectivity index (χ4n) is 3.63. The average molecular weight is 311 g/mol. The Morgan fingerprint density at radius 3 is 2.83 bits per heavy atom. The van der Waals surface area contributed by atoms with Crippen molar-refractivity contribution in [2.24, 2.45) is 0 Å². The third-order valence-corrected chi connectivity index (χ3v) is 5.08. The van der Waals surface area contributed by atoms with Gasteiger partial charge in [-0.15, -0.1) is 0 Å². The molecule has 0 unspecified atom stereocenters. The number of aryl methyl sites for hydroxylation is 1. The number of aromatic amines is 1. The van der Waals surface area contributed by atoms with Crippen LogP contribution >= 0.6 is 0 Å². The molecule has 1 saturated heterocycles. The smallest absolute Gasteiger partial charge is 0.228 e. The number of hydrogen-bond acceptors (Lipinski definition) is 3. The number of H-pyrrole nitrogens is 1. The number of amides is 1. The standard InChI is InChI=1S/C18H21N3O2/c22-17(13-15-6-10-19-20-15)21-11-8-18(9-12-21)7-5-14-3-1-2-4-16(14)23-18/h1-4,6,10H,5,7-9,11-13H2,(H,19,20). The van der Waals surface area contributed by atoms with Gasteiger partial charge in [0.05, 0.1) is 6.42 Å². The van der Waals surface area contributed by atoms with E-state index in [4.69, 9.17) is 4.74 Å². The Hall–Kier alpha value is -2.30. The van der Waals surface area contributed by atoms with Crippen molar-refractivity contribution in [2.45, 2.75) is 37.7 Å². The molecule has 1 aromatic heterocycles. The first-order valence-electron chi connectivity index (χ1n) is 8.27. The molecule has 0 aliphatic carbocycles. The lowest BCUT2D eigenvalue weighted by atomic mass is 9.83. The molecule has 0 radical (unpaired) electrons. The van der Waals surface area contributed by atoms with Gasteiger partial charge >= 0.3 is 0 Å². The maximum absolute atomic E-state index is 12.4. The SMILES string of the molecule is O=C(Cc1ccn[nH]1)N1CCC2(CCc3ccccc3O2)CC1. The summed E-state index contributed by atoms with van der Waals surface area (Å²) in [5, 5.41) is 6.75. The Labute approximate surface area is 135 Å². The molecule has 5 heteroatoms. The number of fused-ring (bicyclic) bond motifs is 1. The van der Waals surface area contributed by atoms with Crippen LogP contribution in [0.2, 0.25) is 0 Å². The van der Waals surface area contributed by atoms with Gasteiger partial charge in [-0.25, -0.2) is 0 Å². The molecule has 0 bridgehead atoms. The van der Waals surface area contributed by atoms with E-state index >= 15 is 0 Å². The number of rotatable bonds is 2. The van der Waals surface area contributed by atoms with Crippen molar-refractivity contribution < 1.29 is 9.53 Å². The zero-order valence-corrected chi connectivity index (χ0v) is 13.1. The number of hydrogen-bond donors (Lipinski definition) is 1. The monoisotopic (exact) mass is 311 g/mol. The third kappa shape index (κ3) is 2.83. The summed E-state index contributed by atoms with van der Waals surface area (Å²) in [6.07, 6.45) is 6.02. The predicted molar refractivity (Wildman–Crippen MR) is 86.2 cm³/mol. The van der Waals surface area contributed by atoms with Crippen molar-refractivity contribution in [3.63, 3.8) is 0 Å². The summed E-state index contributed by atoms with van der Waals surface area (Å²) in [7, 11) is 0. The molecular weight excluding hydrogens is 290 g/mol. The number of ether oxygens (including phenoxy) is 1. The van der Waals surface area contributed by atoms with Gasteiger partial charge in [-0.05, 0) is 30.5 Å². The first kappa shape index (κ1) is 14.3. The van der Waals surface area contributed by atoms with Gasteiger partial charge in [0.25, 0.3) is 0 Å². The van der Waals surface area contributed by atoms with Crippen LogP contribution in [0.25, 0.3) is 0 Å². The lowest BCUT2D eigenvalue weighted by Gasteiger charge is -2.44. The van der Waals surface area contributed by atoms with E-state index in [9.17, 15) is 4.79 Å². The number of nitrogens with zero attached hydrogens (tertiary/aromatic N) is 2. The number of aromatic nitrogens is 2. The summed E-state index contributed by atoms with van der Waals surface area (Å²) in [5.74, 6) is 1.19. The molecule has 2 aliphatic rings. The Bertz CT molecular complexity index is 688. The average Bonchev–Trinajstić information content (AvgIpc) is 3.08. The largest absolute Gasteiger partial charge is 0.487 e. The number of likely N-dealkylation sites (tertiary alicyclic amines) is 1. The first-order valence-corrected chi connectivity index (χ1v) is 8.27. The number of para-hydroxylation sites is 1. The molecule has 5 nitrogen and oxygen atoms in total. The second kappa shape index (κ2) is 5.72. The highest BCUT2D eigenvalue weighted by Crippen LogP contribution is 2.39. The Balaban J connectivity index is 1.39. The van der Waals surface area contributed by atoms with E-state index in [1.807, 2.05) is 17.0 Å². The molecule has 2 aliphatic heterocycles. The van der Waals surface area contributed by atoms with Gasteiger partial charge in [0.1, 0.15) is 11.4 Å². The summed E-state index contributed by atoms with van der Waals surface area (Å²) in [6, 6.07) is 10.2. The molecule has 1 spiro atoms. The topological polar surface area (TPSA) is 58.2 Å². The van der Waals surface area contributed by atoms with E-state index in [1.54, 1.807) is 6.20 Å². The molecule has 3 heterocycles. The van der Waals surface area contributed by atoms with Gasteiger partial charge in [0.2, 0.25) is 5.91 Å². The summed E-state index contributed by atoms with van der Waals surface area (Å²) >= 11 is 0. The summed E-state index contributed by atoms with van der Waals surface area (Å²) < 4.78 is 6.34. The normalized spacial score (nSPS) is 19.2. The van der Waals surface area contributed by atoms with Crippen LogP contribution in [0.1, 0.15) is 30.5 Å². The van der Waals surface area contributed by atoms with Crippen molar-refractivity contribution in [3.8, 4) is 5.75 Å². The van der Waals surface area contributed by atoms with Crippen LogP contribution in [0, 0.1) is 0 Å². The Morgan fingerprint density at radius 1 is 1.22 bits per heavy atom. The summed E-state index contributed by atoms with van der Waals surface area (Å²) in [6.45, 7) is 1.55. The second-order valence-electron chi connectivity index (χ2n) is 6.53. The summed E-state index contributed by atoms with van der Waals surface area (Å²) in [4.78, 5) is 14.3. The molecule has 0 atom stereocenters. The quantitative estimate of drug-likeness (QED) is 0.926. The highest BCUT2D eigenvalue weighted by atomic mass is 16.5. The molecule has 1 fully saturated rings. The van der Waals surface area contributed by atoms with E-state index in [2.05, 4.69) is 28.4 Å². The van der Waals surface area contributed by atoms with Crippen LogP contribution in [-0.4, -0.2) is 39.7 Å². The van der Waals surface area contributed by atoms with Crippen LogP contribution in [0.15, 0.2) is 36.5 Å². The first-order chi connectivity index (χ1) is 11.2. The number of piperidine rings is 1. The third-order valence-electron chi connectivity index (χ3n) is 5.08. The number of benzene rings is 1. The zero-order valence-electron chi connectivity index (χ0n) is 13.1. The van der Waals surface area contributed by atoms with Crippen LogP contribution in [0.4, 0.5) is 0 Å². The van der Waals surface area contributed by atoms with Gasteiger partial charge in [-0.3, -0.25) is 9.89 Å². The van der Waals surface area contributed by atoms with Gasteiger partial charge in [0, 0.05) is 37.8 Å². The molecule has 120 valence electrons. The number of carbonyl (C=O) groups is 1. The molecule has 2 aromatic rings. The highest BCUT2D eigenvalue weighted by molar-refractivity contribution is 5.78. The van der Waals surface area contributed by atoms with E-state index in [1.165, 1.54) is 5.56 Å². The maximum atomic E-state index is 12.4. The number of nitrogens with one attached hydrogen (secondary N) is 1.